The van der Waals surface area contributed by atoms with Gasteiger partial charge in [-0.3, -0.25) is 4.79 Å². The minimum atomic E-state index is -0.586. The van der Waals surface area contributed by atoms with Gasteiger partial charge < -0.3 is 19.3 Å². The third-order valence-electron chi connectivity index (χ3n) is 5.24. The van der Waals surface area contributed by atoms with Crippen molar-refractivity contribution >= 4 is 35.2 Å². The molecule has 1 aromatic rings. The van der Waals surface area contributed by atoms with Crippen molar-refractivity contribution in [2.45, 2.75) is 58.3 Å². The van der Waals surface area contributed by atoms with Gasteiger partial charge in [-0.1, -0.05) is 23.2 Å². The molecule has 29 heavy (non-hydrogen) atoms. The zero-order valence-electron chi connectivity index (χ0n) is 17.3. The van der Waals surface area contributed by atoms with Crippen molar-refractivity contribution in [3.63, 3.8) is 0 Å². The van der Waals surface area contributed by atoms with Crippen LogP contribution in [0.2, 0.25) is 10.0 Å². The van der Waals surface area contributed by atoms with Gasteiger partial charge in [0.05, 0.1) is 12.6 Å². The lowest BCUT2D eigenvalue weighted by atomic mass is 9.93. The van der Waals surface area contributed by atoms with Crippen molar-refractivity contribution in [2.24, 2.45) is 0 Å². The smallest absolute Gasteiger partial charge is 0.410 e. The molecule has 160 valence electrons. The molecule has 1 saturated heterocycles. The van der Waals surface area contributed by atoms with Crippen LogP contribution in [0, 0.1) is 0 Å². The number of nitrogens with zero attached hydrogens (tertiary/aromatic N) is 2. The molecule has 1 unspecified atom stereocenters. The van der Waals surface area contributed by atoms with Gasteiger partial charge in [0.25, 0.3) is 5.91 Å². The van der Waals surface area contributed by atoms with Crippen LogP contribution in [0.5, 0.6) is 0 Å². The molecule has 0 aromatic heterocycles. The Hall–Kier alpha value is -1.50. The normalized spacial score (nSPS) is 22.7. The number of rotatable bonds is 1. The monoisotopic (exact) mass is 442 g/mol. The summed E-state index contributed by atoms with van der Waals surface area (Å²) in [5, 5.41) is 1.19. The van der Waals surface area contributed by atoms with E-state index in [1.54, 1.807) is 11.0 Å². The quantitative estimate of drug-likeness (QED) is 0.643. The lowest BCUT2D eigenvalue weighted by molar-refractivity contribution is -0.146. The molecule has 0 bridgehead atoms. The molecule has 0 N–H and O–H groups in total. The van der Waals surface area contributed by atoms with Crippen LogP contribution < -0.4 is 0 Å². The summed E-state index contributed by atoms with van der Waals surface area (Å²) in [5.41, 5.74) is 1.47. The fourth-order valence-electron chi connectivity index (χ4n) is 3.87. The molecular weight excluding hydrogens is 415 g/mol. The highest BCUT2D eigenvalue weighted by molar-refractivity contribution is 6.35. The van der Waals surface area contributed by atoms with Crippen molar-refractivity contribution in [3.8, 4) is 0 Å². The van der Waals surface area contributed by atoms with E-state index in [4.69, 9.17) is 32.7 Å². The summed E-state index contributed by atoms with van der Waals surface area (Å²) in [4.78, 5) is 29.0. The van der Waals surface area contributed by atoms with Crippen LogP contribution in [-0.4, -0.2) is 59.7 Å². The van der Waals surface area contributed by atoms with Gasteiger partial charge in [0, 0.05) is 36.1 Å². The summed E-state index contributed by atoms with van der Waals surface area (Å²) >= 11 is 12.5. The Labute approximate surface area is 182 Å². The molecule has 2 atom stereocenters. The molecule has 2 aliphatic heterocycles. The summed E-state index contributed by atoms with van der Waals surface area (Å²) in [6.07, 6.45) is 0.168. The van der Waals surface area contributed by atoms with E-state index >= 15 is 0 Å². The predicted molar refractivity (Wildman–Crippen MR) is 112 cm³/mol. The predicted octanol–water partition coefficient (Wildman–Crippen LogP) is 4.47. The summed E-state index contributed by atoms with van der Waals surface area (Å²) < 4.78 is 11.3. The fourth-order valence-corrected chi connectivity index (χ4v) is 4.56. The maximum Gasteiger partial charge on any atom is 0.410 e. The number of fused-ring (bicyclic) bond motifs is 1. The van der Waals surface area contributed by atoms with E-state index in [9.17, 15) is 9.59 Å². The van der Waals surface area contributed by atoms with Crippen molar-refractivity contribution in [1.82, 2.24) is 9.80 Å². The second-order valence-electron chi connectivity index (χ2n) is 8.53. The molecule has 2 aliphatic rings. The van der Waals surface area contributed by atoms with Crippen molar-refractivity contribution in [2.75, 3.05) is 26.2 Å². The zero-order valence-corrected chi connectivity index (χ0v) is 18.8. The van der Waals surface area contributed by atoms with Gasteiger partial charge >= 0.3 is 6.09 Å². The lowest BCUT2D eigenvalue weighted by Crippen LogP contribution is -2.45. The molecule has 0 spiro atoms. The summed E-state index contributed by atoms with van der Waals surface area (Å²) in [7, 11) is 0. The zero-order chi connectivity index (χ0) is 21.3. The Morgan fingerprint density at radius 2 is 1.90 bits per heavy atom. The van der Waals surface area contributed by atoms with Crippen LogP contribution in [-0.2, 0) is 20.7 Å². The molecule has 6 nitrogen and oxygen atoms in total. The van der Waals surface area contributed by atoms with Crippen LogP contribution in [0.3, 0.4) is 0 Å². The van der Waals surface area contributed by atoms with E-state index in [0.717, 1.165) is 11.1 Å². The van der Waals surface area contributed by atoms with Gasteiger partial charge in [-0.05, 0) is 57.4 Å². The average molecular weight is 443 g/mol. The Balaban J connectivity index is 1.67. The van der Waals surface area contributed by atoms with Gasteiger partial charge in [0.2, 0.25) is 0 Å². The van der Waals surface area contributed by atoms with Gasteiger partial charge in [-0.15, -0.1) is 0 Å². The van der Waals surface area contributed by atoms with Crippen LogP contribution in [0.25, 0.3) is 0 Å². The Morgan fingerprint density at radius 3 is 2.59 bits per heavy atom. The molecular formula is C21H28Cl2N2O4. The van der Waals surface area contributed by atoms with E-state index in [2.05, 4.69) is 0 Å². The SMILES string of the molecule is C[C@H]1c2c(Cl)cc(Cl)cc2CCN1C(=O)C1CCN(C(=O)OC(C)(C)C)CCO1. The molecule has 0 radical (unpaired) electrons. The summed E-state index contributed by atoms with van der Waals surface area (Å²) in [5.74, 6) is -0.0693. The topological polar surface area (TPSA) is 59.1 Å². The molecule has 0 saturated carbocycles. The number of ether oxygens (including phenoxy) is 2. The summed E-state index contributed by atoms with van der Waals surface area (Å²) in [6.45, 7) is 9.17. The molecule has 8 heteroatoms. The Morgan fingerprint density at radius 1 is 1.17 bits per heavy atom. The van der Waals surface area contributed by atoms with Crippen molar-refractivity contribution in [1.29, 1.82) is 0 Å². The highest BCUT2D eigenvalue weighted by Crippen LogP contribution is 2.37. The first-order valence-electron chi connectivity index (χ1n) is 9.94. The van der Waals surface area contributed by atoms with Crippen molar-refractivity contribution in [3.05, 3.63) is 33.3 Å². The van der Waals surface area contributed by atoms with Crippen LogP contribution in [0.15, 0.2) is 12.1 Å². The average Bonchev–Trinajstić information content (AvgIpc) is 2.85. The number of hydrogen-bond donors (Lipinski definition) is 0. The van der Waals surface area contributed by atoms with Gasteiger partial charge in [0.1, 0.15) is 11.7 Å². The highest BCUT2D eigenvalue weighted by atomic mass is 35.5. The molecule has 2 amide bonds. The van der Waals surface area contributed by atoms with Crippen LogP contribution >= 0.6 is 23.2 Å². The number of amides is 2. The van der Waals surface area contributed by atoms with E-state index in [0.29, 0.717) is 49.1 Å². The van der Waals surface area contributed by atoms with Crippen LogP contribution in [0.4, 0.5) is 4.79 Å². The maximum absolute atomic E-state index is 13.2. The largest absolute Gasteiger partial charge is 0.444 e. The molecule has 1 aromatic carbocycles. The first-order valence-corrected chi connectivity index (χ1v) is 10.7. The van der Waals surface area contributed by atoms with E-state index in [1.807, 2.05) is 38.7 Å². The summed E-state index contributed by atoms with van der Waals surface area (Å²) in [6, 6.07) is 3.47. The second kappa shape index (κ2) is 8.70. The van der Waals surface area contributed by atoms with E-state index < -0.39 is 11.7 Å². The van der Waals surface area contributed by atoms with Gasteiger partial charge in [0.15, 0.2) is 0 Å². The van der Waals surface area contributed by atoms with E-state index in [-0.39, 0.29) is 18.0 Å². The Bertz CT molecular complexity index is 794. The maximum atomic E-state index is 13.2. The van der Waals surface area contributed by atoms with Gasteiger partial charge in [-0.2, -0.15) is 0 Å². The third kappa shape index (κ3) is 5.16. The second-order valence-corrected chi connectivity index (χ2v) is 9.38. The Kier molecular flexibility index (Phi) is 6.66. The number of carbonyl (C=O) groups is 2. The lowest BCUT2D eigenvalue weighted by Gasteiger charge is -2.37. The number of carbonyl (C=O) groups excluding carboxylic acids is 2. The fraction of sp³-hybridized carbons (Fsp3) is 0.619. The number of halogens is 2. The van der Waals surface area contributed by atoms with Crippen LogP contribution in [0.1, 0.15) is 51.3 Å². The third-order valence-corrected chi connectivity index (χ3v) is 5.77. The minimum Gasteiger partial charge on any atom is -0.444 e. The molecule has 1 fully saturated rings. The van der Waals surface area contributed by atoms with Crippen molar-refractivity contribution < 1.29 is 19.1 Å². The number of hydrogen-bond acceptors (Lipinski definition) is 4. The van der Waals surface area contributed by atoms with E-state index in [1.165, 1.54) is 0 Å². The minimum absolute atomic E-state index is 0.0693. The standard InChI is InChI=1S/C21H28Cl2N2O4/c1-13-18-14(11-15(22)12-16(18)23)5-8-25(13)19(26)17-6-7-24(9-10-28-17)20(27)29-21(2,3)4/h11-13,17H,5-10H2,1-4H3/t13-,17?/m0/s1. The molecule has 2 heterocycles. The first-order chi connectivity index (χ1) is 13.6. The first kappa shape index (κ1) is 22.2. The molecule has 0 aliphatic carbocycles. The number of benzene rings is 1. The molecule has 3 rings (SSSR count). The van der Waals surface area contributed by atoms with Gasteiger partial charge in [-0.25, -0.2) is 4.79 Å². The highest BCUT2D eigenvalue weighted by Gasteiger charge is 2.35.